The van der Waals surface area contributed by atoms with Crippen molar-refractivity contribution in [1.29, 1.82) is 0 Å². The number of fused-ring (bicyclic) bond motifs is 1. The molecule has 1 aliphatic rings. The molecule has 0 saturated carbocycles. The molecule has 82 valence electrons. The third kappa shape index (κ3) is 2.07. The summed E-state index contributed by atoms with van der Waals surface area (Å²) in [5.74, 6) is 0. The van der Waals surface area contributed by atoms with Gasteiger partial charge in [0.15, 0.2) is 0 Å². The number of aliphatic hydroxyl groups excluding tert-OH is 1. The van der Waals surface area contributed by atoms with E-state index in [1.807, 2.05) is 13.0 Å². The molecule has 0 aliphatic carbocycles. The average Bonchev–Trinajstić information content (AvgIpc) is 2.22. The van der Waals surface area contributed by atoms with Gasteiger partial charge in [0.05, 0.1) is 17.5 Å². The highest BCUT2D eigenvalue weighted by Gasteiger charge is 2.20. The Bertz CT molecular complexity index is 338. The standard InChI is InChI=1S/C12H18N2O/c1-10(15)9-14-8-7-13(2)11-5-3-4-6-12(11)14/h3-6,10,15H,7-9H2,1-2H3. The zero-order valence-electron chi connectivity index (χ0n) is 9.35. The second kappa shape index (κ2) is 4.11. The number of rotatable bonds is 2. The van der Waals surface area contributed by atoms with Crippen LogP contribution in [0.15, 0.2) is 24.3 Å². The minimum atomic E-state index is -0.276. The number of benzene rings is 1. The van der Waals surface area contributed by atoms with Crippen LogP contribution in [-0.2, 0) is 0 Å². The first-order valence-corrected chi connectivity index (χ1v) is 5.41. The van der Waals surface area contributed by atoms with Crippen LogP contribution in [0.1, 0.15) is 6.92 Å². The summed E-state index contributed by atoms with van der Waals surface area (Å²) in [6.45, 7) is 4.55. The minimum absolute atomic E-state index is 0.276. The molecule has 0 radical (unpaired) electrons. The number of anilines is 2. The van der Waals surface area contributed by atoms with Crippen LogP contribution in [0, 0.1) is 0 Å². The molecule has 0 spiro atoms. The molecule has 1 heterocycles. The number of aliphatic hydroxyl groups is 1. The molecule has 15 heavy (non-hydrogen) atoms. The lowest BCUT2D eigenvalue weighted by atomic mass is 10.1. The van der Waals surface area contributed by atoms with E-state index in [9.17, 15) is 5.11 Å². The normalized spacial score (nSPS) is 17.5. The first-order valence-electron chi connectivity index (χ1n) is 5.41. The van der Waals surface area contributed by atoms with Crippen LogP contribution in [0.4, 0.5) is 11.4 Å². The van der Waals surface area contributed by atoms with Crippen molar-refractivity contribution in [3.63, 3.8) is 0 Å². The van der Waals surface area contributed by atoms with Gasteiger partial charge < -0.3 is 14.9 Å². The van der Waals surface area contributed by atoms with Crippen molar-refractivity contribution in [2.75, 3.05) is 36.5 Å². The molecule has 1 atom stereocenters. The van der Waals surface area contributed by atoms with Crippen molar-refractivity contribution in [3.05, 3.63) is 24.3 Å². The van der Waals surface area contributed by atoms with E-state index < -0.39 is 0 Å². The maximum absolute atomic E-state index is 9.44. The summed E-state index contributed by atoms with van der Waals surface area (Å²) in [5.41, 5.74) is 2.48. The molecule has 3 heteroatoms. The predicted molar refractivity (Wildman–Crippen MR) is 63.6 cm³/mol. The number of hydrogen-bond donors (Lipinski definition) is 1. The van der Waals surface area contributed by atoms with Gasteiger partial charge in [-0.05, 0) is 19.1 Å². The molecule has 3 nitrogen and oxygen atoms in total. The van der Waals surface area contributed by atoms with Gasteiger partial charge >= 0.3 is 0 Å². The van der Waals surface area contributed by atoms with E-state index >= 15 is 0 Å². The lowest BCUT2D eigenvalue weighted by molar-refractivity contribution is 0.200. The van der Waals surface area contributed by atoms with Crippen LogP contribution in [0.5, 0.6) is 0 Å². The molecular weight excluding hydrogens is 188 g/mol. The Morgan fingerprint density at radius 3 is 2.60 bits per heavy atom. The van der Waals surface area contributed by atoms with Crippen LogP contribution in [-0.4, -0.2) is 37.9 Å². The van der Waals surface area contributed by atoms with E-state index in [-0.39, 0.29) is 6.10 Å². The van der Waals surface area contributed by atoms with E-state index in [0.29, 0.717) is 6.54 Å². The zero-order valence-corrected chi connectivity index (χ0v) is 9.35. The van der Waals surface area contributed by atoms with Crippen LogP contribution in [0.3, 0.4) is 0 Å². The maximum atomic E-state index is 9.44. The quantitative estimate of drug-likeness (QED) is 0.790. The van der Waals surface area contributed by atoms with Crippen LogP contribution in [0.25, 0.3) is 0 Å². The van der Waals surface area contributed by atoms with Crippen molar-refractivity contribution >= 4 is 11.4 Å². The Labute approximate surface area is 90.9 Å². The Morgan fingerprint density at radius 1 is 1.27 bits per heavy atom. The van der Waals surface area contributed by atoms with Gasteiger partial charge in [-0.15, -0.1) is 0 Å². The van der Waals surface area contributed by atoms with Crippen molar-refractivity contribution in [1.82, 2.24) is 0 Å². The molecule has 1 unspecified atom stereocenters. The average molecular weight is 206 g/mol. The summed E-state index contributed by atoms with van der Waals surface area (Å²) in [6.07, 6.45) is -0.276. The molecule has 0 bridgehead atoms. The fraction of sp³-hybridized carbons (Fsp3) is 0.500. The Kier molecular flexibility index (Phi) is 2.82. The summed E-state index contributed by atoms with van der Waals surface area (Å²) >= 11 is 0. The van der Waals surface area contributed by atoms with E-state index in [0.717, 1.165) is 13.1 Å². The predicted octanol–water partition coefficient (Wildman–Crippen LogP) is 1.32. The van der Waals surface area contributed by atoms with Gasteiger partial charge in [-0.1, -0.05) is 12.1 Å². The van der Waals surface area contributed by atoms with Gasteiger partial charge in [-0.3, -0.25) is 0 Å². The summed E-state index contributed by atoms with van der Waals surface area (Å²) in [7, 11) is 2.11. The first-order chi connectivity index (χ1) is 7.18. The maximum Gasteiger partial charge on any atom is 0.0687 e. The zero-order chi connectivity index (χ0) is 10.8. The molecule has 1 aromatic carbocycles. The highest BCUT2D eigenvalue weighted by molar-refractivity contribution is 5.73. The molecule has 0 saturated heterocycles. The lowest BCUT2D eigenvalue weighted by Crippen LogP contribution is -2.42. The van der Waals surface area contributed by atoms with Crippen LogP contribution < -0.4 is 9.80 Å². The number of β-amino-alcohol motifs (C(OH)–C–C–N with tert-alkyl or cyclic N) is 1. The summed E-state index contributed by atoms with van der Waals surface area (Å²) < 4.78 is 0. The molecular formula is C12H18N2O. The van der Waals surface area contributed by atoms with Crippen molar-refractivity contribution in [2.45, 2.75) is 13.0 Å². The van der Waals surface area contributed by atoms with Gasteiger partial charge in [0.1, 0.15) is 0 Å². The second-order valence-corrected chi connectivity index (χ2v) is 4.21. The van der Waals surface area contributed by atoms with E-state index in [2.05, 4.69) is 35.0 Å². The van der Waals surface area contributed by atoms with Crippen LogP contribution in [0.2, 0.25) is 0 Å². The van der Waals surface area contributed by atoms with E-state index in [4.69, 9.17) is 0 Å². The highest BCUT2D eigenvalue weighted by Crippen LogP contribution is 2.31. The largest absolute Gasteiger partial charge is 0.392 e. The number of para-hydroxylation sites is 2. The highest BCUT2D eigenvalue weighted by atomic mass is 16.3. The topological polar surface area (TPSA) is 26.7 Å². The van der Waals surface area contributed by atoms with Crippen LogP contribution >= 0.6 is 0 Å². The summed E-state index contributed by atoms with van der Waals surface area (Å²) in [6, 6.07) is 8.35. The fourth-order valence-electron chi connectivity index (χ4n) is 2.07. The van der Waals surface area contributed by atoms with Crippen molar-refractivity contribution in [2.24, 2.45) is 0 Å². The summed E-state index contributed by atoms with van der Waals surface area (Å²) in [4.78, 5) is 4.51. The van der Waals surface area contributed by atoms with Gasteiger partial charge in [-0.2, -0.15) is 0 Å². The minimum Gasteiger partial charge on any atom is -0.392 e. The molecule has 2 rings (SSSR count). The Morgan fingerprint density at radius 2 is 1.93 bits per heavy atom. The number of likely N-dealkylation sites (N-methyl/N-ethyl adjacent to an activating group) is 1. The van der Waals surface area contributed by atoms with E-state index in [1.165, 1.54) is 11.4 Å². The number of nitrogens with zero attached hydrogens (tertiary/aromatic N) is 2. The third-order valence-corrected chi connectivity index (χ3v) is 2.82. The molecule has 0 aromatic heterocycles. The fourth-order valence-corrected chi connectivity index (χ4v) is 2.07. The van der Waals surface area contributed by atoms with Gasteiger partial charge in [0, 0.05) is 26.7 Å². The second-order valence-electron chi connectivity index (χ2n) is 4.21. The smallest absolute Gasteiger partial charge is 0.0687 e. The number of hydrogen-bond acceptors (Lipinski definition) is 3. The molecule has 0 fully saturated rings. The SMILES string of the molecule is CC(O)CN1CCN(C)c2ccccc21. The Balaban J connectivity index is 2.28. The van der Waals surface area contributed by atoms with Crippen molar-refractivity contribution < 1.29 is 5.11 Å². The van der Waals surface area contributed by atoms with Gasteiger partial charge in [-0.25, -0.2) is 0 Å². The van der Waals surface area contributed by atoms with E-state index in [1.54, 1.807) is 0 Å². The third-order valence-electron chi connectivity index (χ3n) is 2.82. The summed E-state index contributed by atoms with van der Waals surface area (Å²) in [5, 5.41) is 9.44. The van der Waals surface area contributed by atoms with Gasteiger partial charge in [0.25, 0.3) is 0 Å². The molecule has 1 N–H and O–H groups in total. The monoisotopic (exact) mass is 206 g/mol. The van der Waals surface area contributed by atoms with Gasteiger partial charge in [0.2, 0.25) is 0 Å². The molecule has 1 aromatic rings. The van der Waals surface area contributed by atoms with Crippen molar-refractivity contribution in [3.8, 4) is 0 Å². The first kappa shape index (κ1) is 10.3. The molecule has 1 aliphatic heterocycles. The lowest BCUT2D eigenvalue weighted by Gasteiger charge is -2.37. The molecule has 0 amide bonds. The Hall–Kier alpha value is -1.22.